The molecule has 0 radical (unpaired) electrons. The summed E-state index contributed by atoms with van der Waals surface area (Å²) in [6.45, 7) is 4.35. The molecule has 0 bridgehead atoms. The molecule has 3 aromatic rings. The van der Waals surface area contributed by atoms with Crippen molar-refractivity contribution in [2.45, 2.75) is 47.2 Å². The molecule has 0 aliphatic rings. The molecule has 0 aliphatic heterocycles. The van der Waals surface area contributed by atoms with Crippen LogP contribution in [-0.4, -0.2) is 23.1 Å². The molecule has 1 aromatic heterocycles. The van der Waals surface area contributed by atoms with Crippen LogP contribution < -0.4 is 5.73 Å². The van der Waals surface area contributed by atoms with E-state index >= 15 is 0 Å². The lowest BCUT2D eigenvalue weighted by Gasteiger charge is -2.12. The summed E-state index contributed by atoms with van der Waals surface area (Å²) in [5, 5.41) is 0. The van der Waals surface area contributed by atoms with Gasteiger partial charge in [-0.1, -0.05) is 32.0 Å². The molecule has 0 spiro atoms. The average molecular weight is 464 g/mol. The first kappa shape index (κ1) is 22.7. The van der Waals surface area contributed by atoms with Gasteiger partial charge in [0.2, 0.25) is 9.84 Å². The Balaban J connectivity index is 2.26. The lowest BCUT2D eigenvalue weighted by atomic mass is 9.98. The Morgan fingerprint density at radius 2 is 1.37 bits per heavy atom. The summed E-state index contributed by atoms with van der Waals surface area (Å²) < 4.78 is 51.3. The summed E-state index contributed by atoms with van der Waals surface area (Å²) in [7, 11) is -7.48. The third-order valence-corrected chi connectivity index (χ3v) is 9.35. The Morgan fingerprint density at radius 3 is 1.87 bits per heavy atom. The minimum absolute atomic E-state index is 0.0193. The summed E-state index contributed by atoms with van der Waals surface area (Å²) in [4.78, 5) is 0.691. The van der Waals surface area contributed by atoms with Gasteiger partial charge in [0.05, 0.1) is 9.79 Å². The SMILES string of the molecule is CCc1cc(CC)cc(-c2cc(S(C)(=O)=O)cc(S(=O)(=O)c3ccc(CN)s3)c2)c1. The maximum absolute atomic E-state index is 13.2. The van der Waals surface area contributed by atoms with Gasteiger partial charge in [-0.25, -0.2) is 16.8 Å². The van der Waals surface area contributed by atoms with Crippen LogP contribution in [0.2, 0.25) is 0 Å². The molecule has 160 valence electrons. The van der Waals surface area contributed by atoms with Gasteiger partial charge in [0.25, 0.3) is 0 Å². The molecule has 0 amide bonds. The highest BCUT2D eigenvalue weighted by molar-refractivity contribution is 7.93. The van der Waals surface area contributed by atoms with Crippen LogP contribution in [0, 0.1) is 0 Å². The van der Waals surface area contributed by atoms with Crippen molar-refractivity contribution in [1.29, 1.82) is 0 Å². The monoisotopic (exact) mass is 463 g/mol. The maximum Gasteiger partial charge on any atom is 0.216 e. The van der Waals surface area contributed by atoms with Crippen molar-refractivity contribution in [3.63, 3.8) is 0 Å². The van der Waals surface area contributed by atoms with E-state index in [-0.39, 0.29) is 20.5 Å². The molecule has 0 atom stereocenters. The zero-order chi connectivity index (χ0) is 22.1. The van der Waals surface area contributed by atoms with E-state index in [4.69, 9.17) is 5.73 Å². The van der Waals surface area contributed by atoms with Gasteiger partial charge in [-0.15, -0.1) is 11.3 Å². The van der Waals surface area contributed by atoms with Gasteiger partial charge in [-0.2, -0.15) is 0 Å². The fourth-order valence-electron chi connectivity index (χ4n) is 3.17. The Bertz CT molecular complexity index is 1270. The largest absolute Gasteiger partial charge is 0.326 e. The maximum atomic E-state index is 13.2. The number of rotatable bonds is 7. The zero-order valence-electron chi connectivity index (χ0n) is 17.2. The van der Waals surface area contributed by atoms with Crippen LogP contribution >= 0.6 is 11.3 Å². The first-order chi connectivity index (χ1) is 14.1. The topological polar surface area (TPSA) is 94.3 Å². The summed E-state index contributed by atoms with van der Waals surface area (Å²) in [5.74, 6) is 0. The second-order valence-corrected chi connectivity index (χ2v) is 12.5. The van der Waals surface area contributed by atoms with Gasteiger partial charge in [-0.05, 0) is 65.4 Å². The standard InChI is InChI=1S/C22H25NO4S3/c1-4-15-8-16(5-2)10-17(9-15)18-11-20(29(3,24)25)13-21(12-18)30(26,27)22-7-6-19(14-23)28-22/h6-13H,4-5,14,23H2,1-3H3. The minimum atomic E-state index is -3.87. The van der Waals surface area contributed by atoms with Crippen molar-refractivity contribution >= 4 is 31.0 Å². The second-order valence-electron chi connectivity index (χ2n) is 7.14. The van der Waals surface area contributed by atoms with E-state index in [1.165, 1.54) is 12.1 Å². The quantitative estimate of drug-likeness (QED) is 0.566. The first-order valence-electron chi connectivity index (χ1n) is 9.60. The molecule has 30 heavy (non-hydrogen) atoms. The van der Waals surface area contributed by atoms with Crippen molar-refractivity contribution in [2.24, 2.45) is 5.73 Å². The van der Waals surface area contributed by atoms with Crippen LogP contribution in [-0.2, 0) is 39.1 Å². The van der Waals surface area contributed by atoms with E-state index in [1.807, 2.05) is 26.0 Å². The number of nitrogens with two attached hydrogens (primary N) is 1. The Labute approximate surface area is 182 Å². The van der Waals surface area contributed by atoms with Crippen molar-refractivity contribution in [1.82, 2.24) is 0 Å². The van der Waals surface area contributed by atoms with E-state index in [0.29, 0.717) is 5.56 Å². The fraction of sp³-hybridized carbons (Fsp3) is 0.273. The van der Waals surface area contributed by atoms with Crippen LogP contribution in [0.25, 0.3) is 11.1 Å². The van der Waals surface area contributed by atoms with Gasteiger partial charge in [-0.3, -0.25) is 0 Å². The van der Waals surface area contributed by atoms with Gasteiger partial charge in [0.15, 0.2) is 9.84 Å². The fourth-order valence-corrected chi connectivity index (χ4v) is 6.64. The molecule has 3 rings (SSSR count). The van der Waals surface area contributed by atoms with Gasteiger partial charge in [0, 0.05) is 17.7 Å². The van der Waals surface area contributed by atoms with Crippen LogP contribution in [0.15, 0.2) is 62.5 Å². The van der Waals surface area contributed by atoms with Crippen molar-refractivity contribution in [2.75, 3.05) is 6.26 Å². The summed E-state index contributed by atoms with van der Waals surface area (Å²) in [5.41, 5.74) is 9.22. The van der Waals surface area contributed by atoms with Gasteiger partial charge in [0.1, 0.15) is 4.21 Å². The van der Waals surface area contributed by atoms with E-state index in [2.05, 4.69) is 6.07 Å². The molecule has 0 saturated heterocycles. The average Bonchev–Trinajstić information content (AvgIpc) is 3.22. The number of hydrogen-bond acceptors (Lipinski definition) is 6. The van der Waals surface area contributed by atoms with E-state index in [9.17, 15) is 16.8 Å². The highest BCUT2D eigenvalue weighted by atomic mass is 32.2. The molecule has 0 fully saturated rings. The third kappa shape index (κ3) is 4.67. The molecule has 0 saturated carbocycles. The van der Waals surface area contributed by atoms with E-state index in [0.717, 1.165) is 52.0 Å². The number of thiophene rings is 1. The molecule has 1 heterocycles. The van der Waals surface area contributed by atoms with Crippen LogP contribution in [0.1, 0.15) is 29.9 Å². The van der Waals surface area contributed by atoms with Crippen molar-refractivity contribution in [3.05, 3.63) is 64.5 Å². The lowest BCUT2D eigenvalue weighted by molar-refractivity contribution is 0.597. The Kier molecular flexibility index (Phi) is 6.52. The number of aryl methyl sites for hydroxylation is 2. The molecule has 8 heteroatoms. The van der Waals surface area contributed by atoms with Crippen LogP contribution in [0.3, 0.4) is 0 Å². The third-order valence-electron chi connectivity index (χ3n) is 4.92. The van der Waals surface area contributed by atoms with Crippen molar-refractivity contribution < 1.29 is 16.8 Å². The molecular formula is C22H25NO4S3. The minimum Gasteiger partial charge on any atom is -0.326 e. The highest BCUT2D eigenvalue weighted by Crippen LogP contribution is 2.33. The van der Waals surface area contributed by atoms with Gasteiger partial charge >= 0.3 is 0 Å². The van der Waals surface area contributed by atoms with Gasteiger partial charge < -0.3 is 5.73 Å². The number of benzene rings is 2. The lowest BCUT2D eigenvalue weighted by Crippen LogP contribution is -2.04. The van der Waals surface area contributed by atoms with Crippen molar-refractivity contribution in [3.8, 4) is 11.1 Å². The molecule has 2 N–H and O–H groups in total. The second kappa shape index (κ2) is 8.63. The van der Waals surface area contributed by atoms with Crippen LogP contribution in [0.4, 0.5) is 0 Å². The predicted octanol–water partition coefficient (Wildman–Crippen LogP) is 4.23. The summed E-state index contributed by atoms with van der Waals surface area (Å²) in [6, 6.07) is 13.6. The molecule has 0 aliphatic carbocycles. The van der Waals surface area contributed by atoms with Crippen LogP contribution in [0.5, 0.6) is 0 Å². The van der Waals surface area contributed by atoms with E-state index in [1.54, 1.807) is 18.2 Å². The first-order valence-corrected chi connectivity index (χ1v) is 13.8. The Morgan fingerprint density at radius 1 is 0.800 bits per heavy atom. The summed E-state index contributed by atoms with van der Waals surface area (Å²) in [6.07, 6.45) is 2.74. The molecule has 5 nitrogen and oxygen atoms in total. The molecule has 0 unspecified atom stereocenters. The smallest absolute Gasteiger partial charge is 0.216 e. The number of hydrogen-bond donors (Lipinski definition) is 1. The highest BCUT2D eigenvalue weighted by Gasteiger charge is 2.23. The molecule has 2 aromatic carbocycles. The summed E-state index contributed by atoms with van der Waals surface area (Å²) >= 11 is 1.10. The predicted molar refractivity (Wildman–Crippen MR) is 121 cm³/mol. The van der Waals surface area contributed by atoms with E-state index < -0.39 is 19.7 Å². The normalized spacial score (nSPS) is 12.3. The number of sulfone groups is 2. The molecular weight excluding hydrogens is 438 g/mol. The Hall–Kier alpha value is -2.00. The zero-order valence-corrected chi connectivity index (χ0v) is 19.6.